The summed E-state index contributed by atoms with van der Waals surface area (Å²) in [5, 5.41) is 0. The second-order valence-electron chi connectivity index (χ2n) is 9.63. The minimum Gasteiger partial charge on any atom is -0.320 e. The van der Waals surface area contributed by atoms with Crippen LogP contribution in [0.5, 0.6) is 0 Å². The van der Waals surface area contributed by atoms with E-state index in [1.807, 2.05) is 0 Å². The van der Waals surface area contributed by atoms with Crippen molar-refractivity contribution in [2.75, 3.05) is 16.5 Å². The largest absolute Gasteiger partial charge is 0.320 e. The van der Waals surface area contributed by atoms with Gasteiger partial charge in [0.2, 0.25) is 0 Å². The highest BCUT2D eigenvalue weighted by Crippen LogP contribution is 2.48. The van der Waals surface area contributed by atoms with Gasteiger partial charge in [-0.1, -0.05) is 71.9 Å². The normalized spacial score (nSPS) is 13.6. The van der Waals surface area contributed by atoms with Crippen molar-refractivity contribution < 1.29 is 0 Å². The number of aryl methyl sites for hydroxylation is 1. The SMILES string of the molecule is Cc1cc(C(C)C)ncc1N1CN(c2c(C(C)C)cccc2C(C)C)c2ccccc21. The van der Waals surface area contributed by atoms with Gasteiger partial charge in [-0.25, -0.2) is 0 Å². The minimum absolute atomic E-state index is 0.432. The van der Waals surface area contributed by atoms with Crippen molar-refractivity contribution in [3.8, 4) is 0 Å². The van der Waals surface area contributed by atoms with Crippen LogP contribution in [0.15, 0.2) is 54.7 Å². The highest BCUT2D eigenvalue weighted by molar-refractivity contribution is 5.89. The number of para-hydroxylation sites is 3. The van der Waals surface area contributed by atoms with Gasteiger partial charge in [0.05, 0.1) is 23.3 Å². The Morgan fingerprint density at radius 1 is 0.710 bits per heavy atom. The van der Waals surface area contributed by atoms with Gasteiger partial charge >= 0.3 is 0 Å². The van der Waals surface area contributed by atoms with Gasteiger partial charge in [-0.05, 0) is 59.6 Å². The van der Waals surface area contributed by atoms with Gasteiger partial charge in [-0.15, -0.1) is 0 Å². The van der Waals surface area contributed by atoms with Gasteiger partial charge in [-0.3, -0.25) is 4.98 Å². The standard InChI is InChI=1S/C28H35N3/c1-18(2)22-11-10-12-23(19(3)4)28(22)31-17-30(25-13-8-9-14-26(25)31)27-16-29-24(20(5)6)15-21(27)7/h8-16,18-20H,17H2,1-7H3. The second kappa shape index (κ2) is 8.37. The second-order valence-corrected chi connectivity index (χ2v) is 9.63. The quantitative estimate of drug-likeness (QED) is 0.422. The minimum atomic E-state index is 0.432. The Hall–Kier alpha value is -2.81. The average Bonchev–Trinajstić information content (AvgIpc) is 3.12. The van der Waals surface area contributed by atoms with E-state index in [1.165, 1.54) is 39.4 Å². The molecule has 4 rings (SSSR count). The van der Waals surface area contributed by atoms with Crippen LogP contribution in [0.4, 0.5) is 22.7 Å². The van der Waals surface area contributed by atoms with Crippen LogP contribution in [0, 0.1) is 6.92 Å². The van der Waals surface area contributed by atoms with E-state index in [1.54, 1.807) is 0 Å². The van der Waals surface area contributed by atoms with Crippen molar-refractivity contribution in [1.29, 1.82) is 0 Å². The molecule has 3 nitrogen and oxygen atoms in total. The van der Waals surface area contributed by atoms with E-state index >= 15 is 0 Å². The number of nitrogens with zero attached hydrogens (tertiary/aromatic N) is 3. The summed E-state index contributed by atoms with van der Waals surface area (Å²) in [4.78, 5) is 9.72. The molecule has 1 aromatic heterocycles. The van der Waals surface area contributed by atoms with Crippen molar-refractivity contribution in [1.82, 2.24) is 4.98 Å². The average molecular weight is 414 g/mol. The maximum atomic E-state index is 4.79. The lowest BCUT2D eigenvalue weighted by atomic mass is 9.92. The van der Waals surface area contributed by atoms with E-state index in [4.69, 9.17) is 4.98 Å². The zero-order valence-electron chi connectivity index (χ0n) is 20.0. The van der Waals surface area contributed by atoms with Gasteiger partial charge in [0.25, 0.3) is 0 Å². The Morgan fingerprint density at radius 3 is 1.81 bits per heavy atom. The van der Waals surface area contributed by atoms with Gasteiger partial charge in [-0.2, -0.15) is 0 Å². The number of aromatic nitrogens is 1. The van der Waals surface area contributed by atoms with Crippen LogP contribution in [0.1, 0.15) is 81.7 Å². The molecule has 3 aromatic rings. The first kappa shape index (κ1) is 21.4. The molecule has 0 unspecified atom stereocenters. The molecule has 0 saturated carbocycles. The molecule has 0 atom stereocenters. The molecule has 0 fully saturated rings. The number of anilines is 4. The summed E-state index contributed by atoms with van der Waals surface area (Å²) in [5.74, 6) is 1.36. The zero-order chi connectivity index (χ0) is 22.3. The summed E-state index contributed by atoms with van der Waals surface area (Å²) < 4.78 is 0. The van der Waals surface area contributed by atoms with Gasteiger partial charge in [0.1, 0.15) is 6.67 Å². The Morgan fingerprint density at radius 2 is 1.29 bits per heavy atom. The first-order valence-corrected chi connectivity index (χ1v) is 11.5. The molecule has 2 heterocycles. The first-order valence-electron chi connectivity index (χ1n) is 11.5. The van der Waals surface area contributed by atoms with Gasteiger partial charge < -0.3 is 9.80 Å². The topological polar surface area (TPSA) is 19.4 Å². The molecule has 0 N–H and O–H groups in total. The molecule has 0 spiro atoms. The Balaban J connectivity index is 1.86. The molecule has 3 heteroatoms. The van der Waals surface area contributed by atoms with E-state index in [0.717, 1.165) is 12.4 Å². The number of hydrogen-bond donors (Lipinski definition) is 0. The van der Waals surface area contributed by atoms with Crippen LogP contribution in [0.25, 0.3) is 0 Å². The first-order chi connectivity index (χ1) is 14.8. The van der Waals surface area contributed by atoms with E-state index in [2.05, 4.69) is 113 Å². The summed E-state index contributed by atoms with van der Waals surface area (Å²) in [5.41, 5.74) is 10.3. The smallest absolute Gasteiger partial charge is 0.100 e. The van der Waals surface area contributed by atoms with E-state index in [9.17, 15) is 0 Å². The molecule has 0 radical (unpaired) electrons. The maximum Gasteiger partial charge on any atom is 0.100 e. The predicted octanol–water partition coefficient (Wildman–Crippen LogP) is 8.01. The van der Waals surface area contributed by atoms with Crippen molar-refractivity contribution in [3.05, 3.63) is 77.1 Å². The number of benzene rings is 2. The highest BCUT2D eigenvalue weighted by Gasteiger charge is 2.32. The van der Waals surface area contributed by atoms with Crippen LogP contribution in [-0.2, 0) is 0 Å². The molecule has 1 aliphatic rings. The molecule has 31 heavy (non-hydrogen) atoms. The monoisotopic (exact) mass is 413 g/mol. The van der Waals surface area contributed by atoms with Crippen LogP contribution >= 0.6 is 0 Å². The van der Waals surface area contributed by atoms with E-state index < -0.39 is 0 Å². The third-order valence-electron chi connectivity index (χ3n) is 6.35. The van der Waals surface area contributed by atoms with Crippen molar-refractivity contribution in [2.24, 2.45) is 0 Å². The summed E-state index contributed by atoms with van der Waals surface area (Å²) in [6.45, 7) is 16.6. The van der Waals surface area contributed by atoms with Crippen LogP contribution in [-0.4, -0.2) is 11.7 Å². The Bertz CT molecular complexity index is 1060. The fraction of sp³-hybridized carbons (Fsp3) is 0.393. The number of fused-ring (bicyclic) bond motifs is 1. The maximum absolute atomic E-state index is 4.79. The van der Waals surface area contributed by atoms with Crippen molar-refractivity contribution >= 4 is 22.7 Å². The molecule has 162 valence electrons. The molecular weight excluding hydrogens is 378 g/mol. The molecule has 0 aliphatic carbocycles. The van der Waals surface area contributed by atoms with Crippen LogP contribution in [0.2, 0.25) is 0 Å². The summed E-state index contributed by atoms with van der Waals surface area (Å²) >= 11 is 0. The Kier molecular flexibility index (Phi) is 5.79. The third kappa shape index (κ3) is 3.82. The number of pyridine rings is 1. The lowest BCUT2D eigenvalue weighted by Crippen LogP contribution is -2.26. The molecule has 0 bridgehead atoms. The van der Waals surface area contributed by atoms with Gasteiger partial charge in [0, 0.05) is 11.4 Å². The Labute approximate surface area is 187 Å². The molecule has 2 aromatic carbocycles. The van der Waals surface area contributed by atoms with E-state index in [-0.39, 0.29) is 0 Å². The van der Waals surface area contributed by atoms with Crippen LogP contribution < -0.4 is 9.80 Å². The number of rotatable bonds is 5. The fourth-order valence-electron chi connectivity index (χ4n) is 4.60. The molecular formula is C28H35N3. The number of hydrogen-bond acceptors (Lipinski definition) is 3. The molecule has 0 amide bonds. The highest BCUT2D eigenvalue weighted by atomic mass is 15.4. The van der Waals surface area contributed by atoms with E-state index in [0.29, 0.717) is 17.8 Å². The van der Waals surface area contributed by atoms with Crippen molar-refractivity contribution in [2.45, 2.75) is 66.2 Å². The third-order valence-corrected chi connectivity index (χ3v) is 6.35. The lowest BCUT2D eigenvalue weighted by Gasteiger charge is -2.29. The summed E-state index contributed by atoms with van der Waals surface area (Å²) in [7, 11) is 0. The lowest BCUT2D eigenvalue weighted by molar-refractivity contribution is 0.813. The van der Waals surface area contributed by atoms with Gasteiger partial charge in [0.15, 0.2) is 0 Å². The summed E-state index contributed by atoms with van der Waals surface area (Å²) in [6.07, 6.45) is 2.06. The van der Waals surface area contributed by atoms with Crippen LogP contribution in [0.3, 0.4) is 0 Å². The predicted molar refractivity (Wildman–Crippen MR) is 133 cm³/mol. The fourth-order valence-corrected chi connectivity index (χ4v) is 4.60. The molecule has 0 saturated heterocycles. The zero-order valence-corrected chi connectivity index (χ0v) is 20.0. The summed E-state index contributed by atoms with van der Waals surface area (Å²) in [6, 6.07) is 17.8. The van der Waals surface area contributed by atoms with Crippen molar-refractivity contribution in [3.63, 3.8) is 0 Å². The molecule has 1 aliphatic heterocycles.